The number of methoxy groups -OCH3 is 1. The number of hydrogen-bond donors (Lipinski definition) is 3. The van der Waals surface area contributed by atoms with Crippen molar-refractivity contribution in [1.29, 1.82) is 0 Å². The van der Waals surface area contributed by atoms with Gasteiger partial charge in [-0.3, -0.25) is 4.79 Å². The van der Waals surface area contributed by atoms with E-state index in [1.807, 2.05) is 91.0 Å². The number of aliphatic hydroxyl groups is 1. The molecule has 0 saturated carbocycles. The molecule has 4 aromatic carbocycles. The molecule has 5 rings (SSSR count). The molecule has 0 aliphatic carbocycles. The fourth-order valence-corrected chi connectivity index (χ4v) is 6.79. The highest BCUT2D eigenvalue weighted by Crippen LogP contribution is 2.44. The van der Waals surface area contributed by atoms with Crippen molar-refractivity contribution in [2.45, 2.75) is 50.4 Å². The van der Waals surface area contributed by atoms with Gasteiger partial charge >= 0.3 is 12.0 Å². The van der Waals surface area contributed by atoms with Crippen molar-refractivity contribution in [2.24, 2.45) is 5.92 Å². The Hall–Kier alpha value is -4.35. The molecule has 1 fully saturated rings. The third-order valence-corrected chi connectivity index (χ3v) is 9.39. The number of esters is 1. The lowest BCUT2D eigenvalue weighted by Gasteiger charge is -2.41. The van der Waals surface area contributed by atoms with Gasteiger partial charge in [-0.2, -0.15) is 0 Å². The molecule has 4 unspecified atom stereocenters. The molecule has 4 aromatic rings. The lowest BCUT2D eigenvalue weighted by Crippen LogP contribution is -2.38. The van der Waals surface area contributed by atoms with Gasteiger partial charge in [-0.05, 0) is 46.9 Å². The highest BCUT2D eigenvalue weighted by Gasteiger charge is 2.38. The molecule has 10 heteroatoms. The Morgan fingerprint density at radius 3 is 2.31 bits per heavy atom. The molecule has 0 radical (unpaired) electrons. The Morgan fingerprint density at radius 2 is 1.58 bits per heavy atom. The zero-order valence-corrected chi connectivity index (χ0v) is 28.2. The fourth-order valence-electron chi connectivity index (χ4n) is 5.60. The van der Waals surface area contributed by atoms with Crippen LogP contribution in [0.15, 0.2) is 102 Å². The van der Waals surface area contributed by atoms with Gasteiger partial charge < -0.3 is 34.7 Å². The maximum atomic E-state index is 12.3. The van der Waals surface area contributed by atoms with Crippen LogP contribution in [0.4, 0.5) is 4.79 Å². The molecule has 0 bridgehead atoms. The summed E-state index contributed by atoms with van der Waals surface area (Å²) in [5.41, 5.74) is 5.65. The van der Waals surface area contributed by atoms with E-state index >= 15 is 0 Å². The van der Waals surface area contributed by atoms with E-state index in [2.05, 4.69) is 23.6 Å². The Morgan fingerprint density at radius 1 is 0.875 bits per heavy atom. The van der Waals surface area contributed by atoms with E-state index in [9.17, 15) is 14.7 Å². The smallest absolute Gasteiger partial charge is 0.325 e. The first-order chi connectivity index (χ1) is 23.4. The number of benzene rings is 4. The summed E-state index contributed by atoms with van der Waals surface area (Å²) < 4.78 is 23.7. The van der Waals surface area contributed by atoms with Gasteiger partial charge in [0.25, 0.3) is 0 Å². The van der Waals surface area contributed by atoms with E-state index in [1.54, 1.807) is 25.8 Å². The van der Waals surface area contributed by atoms with Crippen LogP contribution in [0.25, 0.3) is 11.1 Å². The van der Waals surface area contributed by atoms with Crippen molar-refractivity contribution in [3.8, 4) is 16.9 Å². The Balaban J connectivity index is 1.32. The number of carbonyl (C=O) groups is 2. The molecule has 2 amide bonds. The number of urea groups is 1. The SMILES string of the molecule is CCOC(=O)CNC(=O)NCc1ccccc1-c1ccc(C2OC(CSc3ccccc3OC)C(C)C(c3ccc(CO)cc3)O2)cc1. The summed E-state index contributed by atoms with van der Waals surface area (Å²) in [6.07, 6.45) is -0.940. The highest BCUT2D eigenvalue weighted by atomic mass is 32.2. The number of thioether (sulfide) groups is 1. The van der Waals surface area contributed by atoms with Crippen molar-refractivity contribution in [3.63, 3.8) is 0 Å². The van der Waals surface area contributed by atoms with Crippen molar-refractivity contribution in [2.75, 3.05) is 26.0 Å². The van der Waals surface area contributed by atoms with Crippen molar-refractivity contribution < 1.29 is 33.6 Å². The first-order valence-electron chi connectivity index (χ1n) is 16.0. The first-order valence-corrected chi connectivity index (χ1v) is 17.0. The molecule has 9 nitrogen and oxygen atoms in total. The Bertz CT molecular complexity index is 1650. The largest absolute Gasteiger partial charge is 0.496 e. The second kappa shape index (κ2) is 17.2. The minimum Gasteiger partial charge on any atom is -0.496 e. The van der Waals surface area contributed by atoms with Gasteiger partial charge in [0.05, 0.1) is 32.5 Å². The van der Waals surface area contributed by atoms with E-state index in [-0.39, 0.29) is 44.4 Å². The standard InChI is InChI=1S/C38H42N2O7S/c1-4-45-35(42)22-40-38(43)39-21-30-9-5-6-10-31(30)27-17-19-29(20-18-27)37-46-33(24-48-34-12-8-7-11-32(34)44-3)25(2)36(47-37)28-15-13-26(23-41)14-16-28/h5-20,25,33,36-37,41H,4,21-24H2,1-3H3,(H2,39,40,43). The molecule has 3 N–H and O–H groups in total. The van der Waals surface area contributed by atoms with Gasteiger partial charge in [0.1, 0.15) is 12.3 Å². The number of rotatable bonds is 13. The molecule has 0 spiro atoms. The van der Waals surface area contributed by atoms with Crippen molar-refractivity contribution in [3.05, 3.63) is 119 Å². The maximum Gasteiger partial charge on any atom is 0.325 e. The molecule has 48 heavy (non-hydrogen) atoms. The number of ether oxygens (including phenoxy) is 4. The van der Waals surface area contributed by atoms with Gasteiger partial charge in [-0.15, -0.1) is 11.8 Å². The van der Waals surface area contributed by atoms with Crippen LogP contribution in [-0.2, 0) is 32.2 Å². The lowest BCUT2D eigenvalue weighted by molar-refractivity contribution is -0.268. The quantitative estimate of drug-likeness (QED) is 0.105. The molecule has 0 aromatic heterocycles. The molecule has 1 heterocycles. The van der Waals surface area contributed by atoms with Crippen LogP contribution in [0.3, 0.4) is 0 Å². The topological polar surface area (TPSA) is 115 Å². The molecule has 1 aliphatic rings. The number of aliphatic hydroxyl groups excluding tert-OH is 1. The van der Waals surface area contributed by atoms with Crippen LogP contribution in [-0.4, -0.2) is 49.2 Å². The third-order valence-electron chi connectivity index (χ3n) is 8.24. The summed E-state index contributed by atoms with van der Waals surface area (Å²) in [6.45, 7) is 4.20. The minimum atomic E-state index is -0.596. The zero-order valence-electron chi connectivity index (χ0n) is 27.4. The van der Waals surface area contributed by atoms with E-state index in [0.29, 0.717) is 5.75 Å². The number of carbonyl (C=O) groups excluding carboxylic acids is 2. The van der Waals surface area contributed by atoms with Crippen LogP contribution in [0.2, 0.25) is 0 Å². The summed E-state index contributed by atoms with van der Waals surface area (Å²) in [6, 6.07) is 31.4. The fraction of sp³-hybridized carbons (Fsp3) is 0.316. The van der Waals surface area contributed by atoms with Crippen molar-refractivity contribution in [1.82, 2.24) is 10.6 Å². The van der Waals surface area contributed by atoms with E-state index in [4.69, 9.17) is 18.9 Å². The summed E-state index contributed by atoms with van der Waals surface area (Å²) >= 11 is 1.70. The molecular formula is C38H42N2O7S. The Labute approximate surface area is 286 Å². The van der Waals surface area contributed by atoms with Gasteiger partial charge in [0.15, 0.2) is 6.29 Å². The van der Waals surface area contributed by atoms with E-state index < -0.39 is 18.3 Å². The van der Waals surface area contributed by atoms with Gasteiger partial charge in [0.2, 0.25) is 0 Å². The Kier molecular flexibility index (Phi) is 12.5. The number of nitrogens with one attached hydrogen (secondary N) is 2. The van der Waals surface area contributed by atoms with E-state index in [0.717, 1.165) is 44.0 Å². The molecule has 1 aliphatic heterocycles. The monoisotopic (exact) mass is 670 g/mol. The van der Waals surface area contributed by atoms with Crippen LogP contribution in [0.5, 0.6) is 5.75 Å². The molecular weight excluding hydrogens is 628 g/mol. The molecule has 4 atom stereocenters. The van der Waals surface area contributed by atoms with E-state index in [1.165, 1.54) is 0 Å². The van der Waals surface area contributed by atoms with Gasteiger partial charge in [0, 0.05) is 28.7 Å². The third kappa shape index (κ3) is 8.96. The van der Waals surface area contributed by atoms with Crippen LogP contribution in [0, 0.1) is 5.92 Å². The minimum absolute atomic E-state index is 0.0144. The van der Waals surface area contributed by atoms with Crippen LogP contribution < -0.4 is 15.4 Å². The lowest BCUT2D eigenvalue weighted by atomic mass is 9.91. The normalized spacial score (nSPS) is 18.9. The maximum absolute atomic E-state index is 12.3. The number of para-hydroxylation sites is 1. The first kappa shape index (κ1) is 35.0. The summed E-state index contributed by atoms with van der Waals surface area (Å²) in [7, 11) is 1.68. The second-order valence-electron chi connectivity index (χ2n) is 11.4. The average Bonchev–Trinajstić information content (AvgIpc) is 3.13. The zero-order chi connectivity index (χ0) is 33.9. The van der Waals surface area contributed by atoms with Crippen LogP contribution >= 0.6 is 11.8 Å². The summed E-state index contributed by atoms with van der Waals surface area (Å²) in [5, 5.41) is 14.9. The average molecular weight is 671 g/mol. The number of amides is 2. The van der Waals surface area contributed by atoms with Crippen molar-refractivity contribution >= 4 is 23.8 Å². The van der Waals surface area contributed by atoms with Gasteiger partial charge in [-0.1, -0.05) is 91.9 Å². The predicted octanol–water partition coefficient (Wildman–Crippen LogP) is 6.80. The van der Waals surface area contributed by atoms with Crippen LogP contribution in [0.1, 0.15) is 48.5 Å². The van der Waals surface area contributed by atoms with Gasteiger partial charge in [-0.25, -0.2) is 4.79 Å². The summed E-state index contributed by atoms with van der Waals surface area (Å²) in [4.78, 5) is 24.9. The molecule has 252 valence electrons. The number of hydrogen-bond acceptors (Lipinski definition) is 8. The highest BCUT2D eigenvalue weighted by molar-refractivity contribution is 7.99. The predicted molar refractivity (Wildman–Crippen MR) is 185 cm³/mol. The summed E-state index contributed by atoms with van der Waals surface area (Å²) in [5.74, 6) is 1.11. The second-order valence-corrected chi connectivity index (χ2v) is 12.5. The molecule has 1 saturated heterocycles.